The molecule has 16 heavy (non-hydrogen) atoms. The minimum absolute atomic E-state index is 0.315. The van der Waals surface area contributed by atoms with E-state index in [-0.39, 0.29) is 0 Å². The van der Waals surface area contributed by atoms with Crippen LogP contribution in [-0.2, 0) is 16.4 Å². The first-order valence-electron chi connectivity index (χ1n) is 4.92. The van der Waals surface area contributed by atoms with Crippen molar-refractivity contribution in [2.24, 2.45) is 0 Å². The predicted molar refractivity (Wildman–Crippen MR) is 58.9 cm³/mol. The lowest BCUT2D eigenvalue weighted by Crippen LogP contribution is -2.32. The average molecular weight is 242 g/mol. The van der Waals surface area contributed by atoms with Crippen LogP contribution in [0.3, 0.4) is 0 Å². The fourth-order valence-electron chi connectivity index (χ4n) is 1.10. The van der Waals surface area contributed by atoms with Crippen LogP contribution in [-0.4, -0.2) is 30.2 Å². The molecule has 6 nitrogen and oxygen atoms in total. The molecule has 2 N–H and O–H groups in total. The molecule has 1 heterocycles. The van der Waals surface area contributed by atoms with E-state index in [0.29, 0.717) is 19.4 Å². The van der Waals surface area contributed by atoms with Gasteiger partial charge in [-0.05, 0) is 13.3 Å². The van der Waals surface area contributed by atoms with Crippen molar-refractivity contribution in [2.45, 2.75) is 25.0 Å². The molecule has 0 amide bonds. The van der Waals surface area contributed by atoms with Gasteiger partial charge in [0.1, 0.15) is 5.82 Å². The Balaban J connectivity index is 2.29. The molecule has 0 saturated carbocycles. The van der Waals surface area contributed by atoms with Crippen LogP contribution in [0.1, 0.15) is 19.2 Å². The number of nitrogens with zero attached hydrogens (tertiary/aromatic N) is 2. The molecular formula is C9H14N4O2S. The predicted octanol–water partition coefficient (Wildman–Crippen LogP) is 0.174. The number of hydrogen-bond donors (Lipinski definition) is 2. The molecule has 0 spiro atoms. The highest BCUT2D eigenvalue weighted by atomic mass is 32.2. The summed E-state index contributed by atoms with van der Waals surface area (Å²) >= 11 is 0. The van der Waals surface area contributed by atoms with Crippen LogP contribution < -0.4 is 4.72 Å². The molecule has 0 fully saturated rings. The third-order valence-electron chi connectivity index (χ3n) is 2.10. The fraction of sp³-hybridized carbons (Fsp3) is 0.556. The Hall–Kier alpha value is -1.39. The Morgan fingerprint density at radius 3 is 3.00 bits per heavy atom. The maximum Gasteiger partial charge on any atom is 0.227 e. The van der Waals surface area contributed by atoms with Gasteiger partial charge < -0.3 is 4.98 Å². The molecule has 1 aromatic heterocycles. The van der Waals surface area contributed by atoms with Gasteiger partial charge in [-0.25, -0.2) is 18.1 Å². The molecule has 1 atom stereocenters. The van der Waals surface area contributed by atoms with Gasteiger partial charge in [0.2, 0.25) is 10.0 Å². The van der Waals surface area contributed by atoms with Crippen molar-refractivity contribution >= 4 is 10.0 Å². The summed E-state index contributed by atoms with van der Waals surface area (Å²) in [6.07, 6.45) is 4.69. The number of hydrogen-bond acceptors (Lipinski definition) is 4. The Morgan fingerprint density at radius 1 is 1.69 bits per heavy atom. The summed E-state index contributed by atoms with van der Waals surface area (Å²) < 4.78 is 25.1. The molecule has 88 valence electrons. The van der Waals surface area contributed by atoms with Gasteiger partial charge in [-0.1, -0.05) is 0 Å². The number of aromatic amines is 1. The maximum atomic E-state index is 11.4. The summed E-state index contributed by atoms with van der Waals surface area (Å²) in [5, 5.41) is 7.48. The highest BCUT2D eigenvalue weighted by molar-refractivity contribution is 7.90. The molecule has 0 aliphatic rings. The Bertz CT molecular complexity index is 446. The van der Waals surface area contributed by atoms with E-state index in [0.717, 1.165) is 5.82 Å². The van der Waals surface area contributed by atoms with Crippen LogP contribution in [0.5, 0.6) is 0 Å². The Labute approximate surface area is 94.8 Å². The number of nitrogens with one attached hydrogen (secondary N) is 2. The molecule has 0 aliphatic heterocycles. The monoisotopic (exact) mass is 242 g/mol. The summed E-state index contributed by atoms with van der Waals surface area (Å²) in [7, 11) is -3.49. The first-order chi connectivity index (χ1) is 7.56. The second-order valence-corrected chi connectivity index (χ2v) is 5.44. The first-order valence-corrected chi connectivity index (χ1v) is 6.47. The van der Waals surface area contributed by atoms with Crippen molar-refractivity contribution < 1.29 is 8.42 Å². The van der Waals surface area contributed by atoms with Crippen LogP contribution in [0, 0.1) is 11.3 Å². The van der Waals surface area contributed by atoms with Crippen LogP contribution >= 0.6 is 0 Å². The number of H-pyrrole nitrogens is 1. The molecular weight excluding hydrogens is 228 g/mol. The minimum Gasteiger partial charge on any atom is -0.349 e. The van der Waals surface area contributed by atoms with Crippen molar-refractivity contribution in [3.8, 4) is 6.07 Å². The van der Waals surface area contributed by atoms with E-state index >= 15 is 0 Å². The summed E-state index contributed by atoms with van der Waals surface area (Å²) in [5.41, 5.74) is 0. The van der Waals surface area contributed by atoms with Crippen molar-refractivity contribution in [1.29, 1.82) is 5.26 Å². The zero-order valence-electron chi connectivity index (χ0n) is 8.97. The van der Waals surface area contributed by atoms with E-state index in [1.807, 2.05) is 0 Å². The van der Waals surface area contributed by atoms with Gasteiger partial charge >= 0.3 is 0 Å². The minimum atomic E-state index is -3.49. The zero-order chi connectivity index (χ0) is 12.0. The molecule has 0 bridgehead atoms. The van der Waals surface area contributed by atoms with Gasteiger partial charge in [-0.15, -0.1) is 0 Å². The van der Waals surface area contributed by atoms with Gasteiger partial charge in [0.15, 0.2) is 5.25 Å². The van der Waals surface area contributed by atoms with Gasteiger partial charge in [0, 0.05) is 25.4 Å². The van der Waals surface area contributed by atoms with Crippen LogP contribution in [0.4, 0.5) is 0 Å². The van der Waals surface area contributed by atoms with E-state index in [4.69, 9.17) is 5.26 Å². The lowest BCUT2D eigenvalue weighted by atomic mass is 10.3. The lowest BCUT2D eigenvalue weighted by molar-refractivity contribution is 0.574. The second kappa shape index (κ2) is 5.63. The van der Waals surface area contributed by atoms with E-state index in [2.05, 4.69) is 14.7 Å². The number of sulfonamides is 1. The molecule has 0 radical (unpaired) electrons. The Morgan fingerprint density at radius 2 is 2.44 bits per heavy atom. The maximum absolute atomic E-state index is 11.4. The molecule has 0 aliphatic carbocycles. The average Bonchev–Trinajstić information content (AvgIpc) is 2.76. The number of imidazole rings is 1. The Kier molecular flexibility index (Phi) is 4.46. The number of rotatable bonds is 6. The summed E-state index contributed by atoms with van der Waals surface area (Å²) in [6, 6.07) is 1.69. The molecule has 7 heteroatoms. The summed E-state index contributed by atoms with van der Waals surface area (Å²) in [4.78, 5) is 6.94. The van der Waals surface area contributed by atoms with Crippen molar-refractivity contribution in [2.75, 3.05) is 6.54 Å². The topological polar surface area (TPSA) is 98.6 Å². The largest absolute Gasteiger partial charge is 0.349 e. The molecule has 1 unspecified atom stereocenters. The highest BCUT2D eigenvalue weighted by Crippen LogP contribution is 1.98. The number of aromatic nitrogens is 2. The van der Waals surface area contributed by atoms with Gasteiger partial charge in [-0.2, -0.15) is 5.26 Å². The lowest BCUT2D eigenvalue weighted by Gasteiger charge is -2.06. The van der Waals surface area contributed by atoms with Gasteiger partial charge in [0.25, 0.3) is 0 Å². The number of nitriles is 1. The fourth-order valence-corrected chi connectivity index (χ4v) is 1.92. The smallest absolute Gasteiger partial charge is 0.227 e. The highest BCUT2D eigenvalue weighted by Gasteiger charge is 2.18. The van der Waals surface area contributed by atoms with Crippen LogP contribution in [0.25, 0.3) is 0 Å². The quantitative estimate of drug-likeness (QED) is 0.695. The molecule has 0 aromatic carbocycles. The van der Waals surface area contributed by atoms with Crippen molar-refractivity contribution in [1.82, 2.24) is 14.7 Å². The molecule has 1 aromatic rings. The van der Waals surface area contributed by atoms with Crippen molar-refractivity contribution in [3.05, 3.63) is 18.2 Å². The summed E-state index contributed by atoms with van der Waals surface area (Å²) in [6.45, 7) is 1.67. The van der Waals surface area contributed by atoms with E-state index in [1.165, 1.54) is 6.92 Å². The molecule has 1 rings (SSSR count). The molecule has 0 saturated heterocycles. The van der Waals surface area contributed by atoms with Crippen LogP contribution in [0.15, 0.2) is 12.4 Å². The third kappa shape index (κ3) is 3.64. The van der Waals surface area contributed by atoms with E-state index in [9.17, 15) is 8.42 Å². The zero-order valence-corrected chi connectivity index (χ0v) is 9.79. The normalized spacial score (nSPS) is 13.2. The van der Waals surface area contributed by atoms with Crippen molar-refractivity contribution in [3.63, 3.8) is 0 Å². The standard InChI is InChI=1S/C9H14N4O2S/c1-8(7-10)16(14,15)13-4-2-3-9-11-5-6-12-9/h5-6,8,13H,2-4H2,1H3,(H,11,12). The third-order valence-corrected chi connectivity index (χ3v) is 3.74. The second-order valence-electron chi connectivity index (χ2n) is 3.35. The van der Waals surface area contributed by atoms with Gasteiger partial charge in [-0.3, -0.25) is 0 Å². The SMILES string of the molecule is CC(C#N)S(=O)(=O)NCCCc1ncc[nH]1. The van der Waals surface area contributed by atoms with Crippen LogP contribution in [0.2, 0.25) is 0 Å². The van der Waals surface area contributed by atoms with E-state index < -0.39 is 15.3 Å². The number of aryl methyl sites for hydroxylation is 1. The van der Waals surface area contributed by atoms with Gasteiger partial charge in [0.05, 0.1) is 6.07 Å². The summed E-state index contributed by atoms with van der Waals surface area (Å²) in [5.74, 6) is 0.826. The van der Waals surface area contributed by atoms with E-state index in [1.54, 1.807) is 18.5 Å². The first kappa shape index (κ1) is 12.7.